The fourth-order valence-electron chi connectivity index (χ4n) is 3.33. The van der Waals surface area contributed by atoms with Crippen molar-refractivity contribution in [1.82, 2.24) is 4.31 Å². The molecule has 8 heteroatoms. The lowest BCUT2D eigenvalue weighted by molar-refractivity contribution is -0.384. The molecule has 3 rings (SSSR count). The molecule has 1 aromatic rings. The molecule has 1 N–H and O–H groups in total. The summed E-state index contributed by atoms with van der Waals surface area (Å²) in [4.78, 5) is 10.9. The van der Waals surface area contributed by atoms with Crippen molar-refractivity contribution in [3.8, 4) is 0 Å². The van der Waals surface area contributed by atoms with Crippen molar-refractivity contribution >= 4 is 21.4 Å². The number of benzene rings is 1. The third-order valence-electron chi connectivity index (χ3n) is 4.74. The fourth-order valence-corrected chi connectivity index (χ4v) is 4.87. The third kappa shape index (κ3) is 4.01. The number of sulfonamides is 1. The first-order chi connectivity index (χ1) is 12.0. The molecule has 1 aliphatic heterocycles. The number of hydrogen-bond donors (Lipinski definition) is 1. The van der Waals surface area contributed by atoms with Crippen molar-refractivity contribution in [2.24, 2.45) is 0 Å². The molecule has 1 fully saturated rings. The second-order valence-electron chi connectivity index (χ2n) is 6.54. The molecule has 7 nitrogen and oxygen atoms in total. The lowest BCUT2D eigenvalue weighted by Gasteiger charge is -2.20. The molecule has 0 saturated carbocycles. The first kappa shape index (κ1) is 17.9. The number of hydrogen-bond acceptors (Lipinski definition) is 5. The topological polar surface area (TPSA) is 92.5 Å². The SMILES string of the molecule is O=[N+]([O-])c1cc(S(=O)(=O)N2CCCCCC2)ccc1NC1CC=CC1. The molecule has 0 bridgehead atoms. The quantitative estimate of drug-likeness (QED) is 0.491. The summed E-state index contributed by atoms with van der Waals surface area (Å²) in [5, 5.41) is 14.6. The van der Waals surface area contributed by atoms with E-state index in [1.54, 1.807) is 0 Å². The molecule has 25 heavy (non-hydrogen) atoms. The summed E-state index contributed by atoms with van der Waals surface area (Å²) in [6.45, 7) is 0.952. The van der Waals surface area contributed by atoms with Crippen LogP contribution in [-0.2, 0) is 10.0 Å². The Labute approximate surface area is 147 Å². The lowest BCUT2D eigenvalue weighted by Crippen LogP contribution is -2.32. The molecule has 1 heterocycles. The smallest absolute Gasteiger partial charge is 0.293 e. The molecule has 1 aliphatic carbocycles. The molecule has 0 unspecified atom stereocenters. The van der Waals surface area contributed by atoms with Gasteiger partial charge in [-0.15, -0.1) is 0 Å². The molecule has 0 amide bonds. The normalized spacial score (nSPS) is 19.7. The number of rotatable bonds is 5. The maximum Gasteiger partial charge on any atom is 0.293 e. The van der Waals surface area contributed by atoms with Crippen molar-refractivity contribution < 1.29 is 13.3 Å². The highest BCUT2D eigenvalue weighted by atomic mass is 32.2. The van der Waals surface area contributed by atoms with E-state index in [4.69, 9.17) is 0 Å². The monoisotopic (exact) mass is 365 g/mol. The van der Waals surface area contributed by atoms with E-state index in [0.717, 1.165) is 38.5 Å². The minimum atomic E-state index is -3.70. The van der Waals surface area contributed by atoms with Gasteiger partial charge < -0.3 is 5.32 Å². The van der Waals surface area contributed by atoms with Crippen LogP contribution in [-0.4, -0.2) is 36.8 Å². The van der Waals surface area contributed by atoms with E-state index in [2.05, 4.69) is 5.32 Å². The third-order valence-corrected chi connectivity index (χ3v) is 6.63. The number of nitro benzene ring substituents is 1. The van der Waals surface area contributed by atoms with E-state index >= 15 is 0 Å². The number of nitrogens with one attached hydrogen (secondary N) is 1. The Balaban J connectivity index is 1.88. The number of nitro groups is 1. The Morgan fingerprint density at radius 1 is 1.08 bits per heavy atom. The van der Waals surface area contributed by atoms with Gasteiger partial charge in [-0.3, -0.25) is 10.1 Å². The van der Waals surface area contributed by atoms with E-state index in [1.807, 2.05) is 12.2 Å². The maximum absolute atomic E-state index is 12.8. The second-order valence-corrected chi connectivity index (χ2v) is 8.48. The van der Waals surface area contributed by atoms with Crippen LogP contribution in [0.3, 0.4) is 0 Å². The summed E-state index contributed by atoms with van der Waals surface area (Å²) in [5.41, 5.74) is 0.177. The van der Waals surface area contributed by atoms with Gasteiger partial charge in [0.05, 0.1) is 9.82 Å². The van der Waals surface area contributed by atoms with Crippen LogP contribution in [0.1, 0.15) is 38.5 Å². The van der Waals surface area contributed by atoms with Gasteiger partial charge in [0, 0.05) is 25.2 Å². The van der Waals surface area contributed by atoms with Crippen LogP contribution >= 0.6 is 0 Å². The Kier molecular flexibility index (Phi) is 5.39. The summed E-state index contributed by atoms with van der Waals surface area (Å²) in [6, 6.07) is 4.29. The maximum atomic E-state index is 12.8. The molecule has 0 atom stereocenters. The van der Waals surface area contributed by atoms with Crippen LogP contribution in [0.4, 0.5) is 11.4 Å². The van der Waals surface area contributed by atoms with E-state index < -0.39 is 14.9 Å². The predicted octanol–water partition coefficient (Wildman–Crippen LogP) is 3.29. The summed E-state index contributed by atoms with van der Waals surface area (Å²) in [6.07, 6.45) is 9.37. The Bertz CT molecular complexity index is 760. The highest BCUT2D eigenvalue weighted by molar-refractivity contribution is 7.89. The average molecular weight is 365 g/mol. The van der Waals surface area contributed by atoms with Crippen molar-refractivity contribution in [2.75, 3.05) is 18.4 Å². The van der Waals surface area contributed by atoms with Gasteiger partial charge in [0.2, 0.25) is 10.0 Å². The van der Waals surface area contributed by atoms with Crippen molar-refractivity contribution in [3.63, 3.8) is 0 Å². The standard InChI is InChI=1S/C17H23N3O4S/c21-20(22)17-13-15(9-10-16(17)18-14-7-3-4-8-14)25(23,24)19-11-5-1-2-6-12-19/h3-4,9-10,13-14,18H,1-2,5-8,11-12H2. The van der Waals surface area contributed by atoms with Gasteiger partial charge in [-0.2, -0.15) is 4.31 Å². The van der Waals surface area contributed by atoms with Gasteiger partial charge >= 0.3 is 0 Å². The van der Waals surface area contributed by atoms with Gasteiger partial charge in [-0.05, 0) is 37.8 Å². The number of nitrogens with zero attached hydrogens (tertiary/aromatic N) is 2. The van der Waals surface area contributed by atoms with E-state index in [-0.39, 0.29) is 16.6 Å². The molecular weight excluding hydrogens is 342 g/mol. The Hall–Kier alpha value is -1.93. The lowest BCUT2D eigenvalue weighted by atomic mass is 10.2. The zero-order chi connectivity index (χ0) is 17.9. The molecule has 136 valence electrons. The van der Waals surface area contributed by atoms with E-state index in [1.165, 1.54) is 22.5 Å². The fraction of sp³-hybridized carbons (Fsp3) is 0.529. The van der Waals surface area contributed by atoms with Crippen LogP contribution in [0.2, 0.25) is 0 Å². The minimum absolute atomic E-state index is 0.00352. The Morgan fingerprint density at radius 3 is 2.32 bits per heavy atom. The number of anilines is 1. The first-order valence-electron chi connectivity index (χ1n) is 8.68. The van der Waals surface area contributed by atoms with Gasteiger partial charge in [-0.1, -0.05) is 25.0 Å². The van der Waals surface area contributed by atoms with E-state index in [9.17, 15) is 18.5 Å². The predicted molar refractivity (Wildman–Crippen MR) is 96.1 cm³/mol. The van der Waals surface area contributed by atoms with E-state index in [0.29, 0.717) is 18.8 Å². The van der Waals surface area contributed by atoms with Crippen LogP contribution in [0.15, 0.2) is 35.2 Å². The van der Waals surface area contributed by atoms with Crippen LogP contribution in [0.25, 0.3) is 0 Å². The second kappa shape index (κ2) is 7.53. The van der Waals surface area contributed by atoms with Gasteiger partial charge in [-0.25, -0.2) is 8.42 Å². The average Bonchev–Trinajstić information content (AvgIpc) is 2.93. The highest BCUT2D eigenvalue weighted by Gasteiger charge is 2.28. The molecule has 1 aromatic carbocycles. The minimum Gasteiger partial charge on any atom is -0.376 e. The molecular formula is C17H23N3O4S. The Morgan fingerprint density at radius 2 is 1.72 bits per heavy atom. The van der Waals surface area contributed by atoms with Gasteiger partial charge in [0.15, 0.2) is 0 Å². The zero-order valence-electron chi connectivity index (χ0n) is 14.1. The summed E-state index contributed by atoms with van der Waals surface area (Å²) < 4.78 is 27.1. The van der Waals surface area contributed by atoms with Gasteiger partial charge in [0.1, 0.15) is 5.69 Å². The molecule has 1 saturated heterocycles. The largest absolute Gasteiger partial charge is 0.376 e. The molecule has 0 spiro atoms. The summed E-state index contributed by atoms with van der Waals surface area (Å²) >= 11 is 0. The summed E-state index contributed by atoms with van der Waals surface area (Å²) in [7, 11) is -3.70. The van der Waals surface area contributed by atoms with Crippen LogP contribution in [0.5, 0.6) is 0 Å². The van der Waals surface area contributed by atoms with Crippen molar-refractivity contribution in [1.29, 1.82) is 0 Å². The molecule has 0 aromatic heterocycles. The van der Waals surface area contributed by atoms with Crippen LogP contribution in [0, 0.1) is 10.1 Å². The van der Waals surface area contributed by atoms with Crippen molar-refractivity contribution in [2.45, 2.75) is 49.5 Å². The molecule has 2 aliphatic rings. The molecule has 0 radical (unpaired) electrons. The van der Waals surface area contributed by atoms with Gasteiger partial charge in [0.25, 0.3) is 5.69 Å². The zero-order valence-corrected chi connectivity index (χ0v) is 14.9. The van der Waals surface area contributed by atoms with Crippen molar-refractivity contribution in [3.05, 3.63) is 40.5 Å². The summed E-state index contributed by atoms with van der Waals surface area (Å²) in [5.74, 6) is 0. The highest BCUT2D eigenvalue weighted by Crippen LogP contribution is 2.31. The first-order valence-corrected chi connectivity index (χ1v) is 10.1. The van der Waals surface area contributed by atoms with Crippen LogP contribution < -0.4 is 5.32 Å².